The average Bonchev–Trinajstić information content (AvgIpc) is 2.68. The first kappa shape index (κ1) is 18.8. The van der Waals surface area contributed by atoms with Gasteiger partial charge in [0.2, 0.25) is 0 Å². The fourth-order valence-electron chi connectivity index (χ4n) is 3.01. The highest BCUT2D eigenvalue weighted by Crippen LogP contribution is 2.25. The minimum absolute atomic E-state index is 0.0514. The maximum absolute atomic E-state index is 12.5. The summed E-state index contributed by atoms with van der Waals surface area (Å²) in [5, 5.41) is 9.22. The van der Waals surface area contributed by atoms with Gasteiger partial charge in [-0.2, -0.15) is 0 Å². The SMILES string of the molecule is CC(C)(Oc1cccc(N2CCN(C(=O)c3ccccc3)CC2)c1)C(=O)O. The van der Waals surface area contributed by atoms with Crippen molar-refractivity contribution in [1.29, 1.82) is 0 Å². The Morgan fingerprint density at radius 3 is 2.26 bits per heavy atom. The number of carbonyl (C=O) groups is 2. The molecule has 1 heterocycles. The molecule has 142 valence electrons. The summed E-state index contributed by atoms with van der Waals surface area (Å²) in [7, 11) is 0. The van der Waals surface area contributed by atoms with E-state index in [4.69, 9.17) is 4.74 Å². The Morgan fingerprint density at radius 1 is 0.963 bits per heavy atom. The Hall–Kier alpha value is -3.02. The summed E-state index contributed by atoms with van der Waals surface area (Å²) < 4.78 is 5.62. The van der Waals surface area contributed by atoms with Crippen molar-refractivity contribution in [2.24, 2.45) is 0 Å². The topological polar surface area (TPSA) is 70.1 Å². The van der Waals surface area contributed by atoms with Crippen LogP contribution >= 0.6 is 0 Å². The number of carboxylic acid groups (broad SMARTS) is 1. The van der Waals surface area contributed by atoms with Crippen LogP contribution in [0.1, 0.15) is 24.2 Å². The molecule has 27 heavy (non-hydrogen) atoms. The molecule has 0 radical (unpaired) electrons. The molecular weight excluding hydrogens is 344 g/mol. The van der Waals surface area contributed by atoms with Gasteiger partial charge in [0.05, 0.1) is 0 Å². The first-order valence-electron chi connectivity index (χ1n) is 8.98. The Bertz CT molecular complexity index is 812. The highest BCUT2D eigenvalue weighted by atomic mass is 16.5. The van der Waals surface area contributed by atoms with E-state index in [-0.39, 0.29) is 5.91 Å². The molecule has 0 saturated carbocycles. The quantitative estimate of drug-likeness (QED) is 0.879. The summed E-state index contributed by atoms with van der Waals surface area (Å²) in [4.78, 5) is 27.8. The van der Waals surface area contributed by atoms with Crippen molar-refractivity contribution in [2.75, 3.05) is 31.1 Å². The maximum Gasteiger partial charge on any atom is 0.347 e. The number of carbonyl (C=O) groups excluding carboxylic acids is 1. The number of carboxylic acids is 1. The van der Waals surface area contributed by atoms with Crippen molar-refractivity contribution in [3.8, 4) is 5.75 Å². The van der Waals surface area contributed by atoms with Crippen LogP contribution in [0.4, 0.5) is 5.69 Å². The molecule has 2 aromatic carbocycles. The van der Waals surface area contributed by atoms with Crippen LogP contribution < -0.4 is 9.64 Å². The van der Waals surface area contributed by atoms with Gasteiger partial charge in [-0.25, -0.2) is 4.79 Å². The molecule has 1 fully saturated rings. The number of rotatable bonds is 5. The van der Waals surface area contributed by atoms with Gasteiger partial charge in [-0.3, -0.25) is 4.79 Å². The molecule has 1 saturated heterocycles. The lowest BCUT2D eigenvalue weighted by Crippen LogP contribution is -2.48. The largest absolute Gasteiger partial charge is 0.478 e. The standard InChI is InChI=1S/C21H24N2O4/c1-21(2,20(25)26)27-18-10-6-9-17(15-18)22-11-13-23(14-12-22)19(24)16-7-4-3-5-8-16/h3-10,15H,11-14H2,1-2H3,(H,25,26). The van der Waals surface area contributed by atoms with Crippen molar-refractivity contribution in [2.45, 2.75) is 19.4 Å². The van der Waals surface area contributed by atoms with Gasteiger partial charge in [-0.15, -0.1) is 0 Å². The molecule has 0 atom stereocenters. The van der Waals surface area contributed by atoms with Crippen molar-refractivity contribution in [3.05, 3.63) is 60.2 Å². The van der Waals surface area contributed by atoms with E-state index >= 15 is 0 Å². The van der Waals surface area contributed by atoms with Crippen LogP contribution in [-0.4, -0.2) is 53.7 Å². The molecule has 1 aliphatic rings. The molecule has 0 aliphatic carbocycles. The molecule has 3 rings (SSSR count). The fourth-order valence-corrected chi connectivity index (χ4v) is 3.01. The highest BCUT2D eigenvalue weighted by molar-refractivity contribution is 5.94. The van der Waals surface area contributed by atoms with Crippen molar-refractivity contribution in [1.82, 2.24) is 4.90 Å². The van der Waals surface area contributed by atoms with E-state index in [0.29, 0.717) is 37.5 Å². The van der Waals surface area contributed by atoms with Crippen LogP contribution in [-0.2, 0) is 4.79 Å². The van der Waals surface area contributed by atoms with E-state index in [1.54, 1.807) is 6.07 Å². The third-order valence-electron chi connectivity index (χ3n) is 4.66. The smallest absolute Gasteiger partial charge is 0.347 e. The van der Waals surface area contributed by atoms with Crippen LogP contribution in [0.5, 0.6) is 5.75 Å². The zero-order valence-electron chi connectivity index (χ0n) is 15.6. The number of hydrogen-bond acceptors (Lipinski definition) is 4. The molecule has 0 unspecified atom stereocenters. The molecule has 1 N–H and O–H groups in total. The lowest BCUT2D eigenvalue weighted by Gasteiger charge is -2.36. The number of anilines is 1. The minimum atomic E-state index is -1.29. The third kappa shape index (κ3) is 4.39. The number of ether oxygens (including phenoxy) is 1. The Kier molecular flexibility index (Phi) is 5.35. The normalized spacial score (nSPS) is 14.7. The minimum Gasteiger partial charge on any atom is -0.478 e. The van der Waals surface area contributed by atoms with E-state index in [9.17, 15) is 14.7 Å². The number of amides is 1. The van der Waals surface area contributed by atoms with E-state index in [1.807, 2.05) is 53.4 Å². The zero-order chi connectivity index (χ0) is 19.4. The third-order valence-corrected chi connectivity index (χ3v) is 4.66. The van der Waals surface area contributed by atoms with Crippen LogP contribution in [0.25, 0.3) is 0 Å². The molecule has 2 aromatic rings. The number of nitrogens with zero attached hydrogens (tertiary/aromatic N) is 2. The highest BCUT2D eigenvalue weighted by Gasteiger charge is 2.29. The zero-order valence-corrected chi connectivity index (χ0v) is 15.6. The van der Waals surface area contributed by atoms with E-state index < -0.39 is 11.6 Å². The summed E-state index contributed by atoms with van der Waals surface area (Å²) in [6, 6.07) is 16.7. The second-order valence-corrected chi connectivity index (χ2v) is 7.06. The van der Waals surface area contributed by atoms with Crippen LogP contribution in [0.2, 0.25) is 0 Å². The lowest BCUT2D eigenvalue weighted by molar-refractivity contribution is -0.152. The van der Waals surface area contributed by atoms with Crippen molar-refractivity contribution in [3.63, 3.8) is 0 Å². The molecule has 0 aromatic heterocycles. The van der Waals surface area contributed by atoms with Gasteiger partial charge in [0.15, 0.2) is 5.60 Å². The molecule has 0 bridgehead atoms. The summed E-state index contributed by atoms with van der Waals surface area (Å²) in [5.74, 6) is -0.445. The van der Waals surface area contributed by atoms with Gasteiger partial charge in [0.25, 0.3) is 5.91 Å². The first-order valence-corrected chi connectivity index (χ1v) is 8.98. The van der Waals surface area contributed by atoms with Crippen molar-refractivity contribution >= 4 is 17.6 Å². The number of aliphatic carboxylic acids is 1. The predicted octanol–water partition coefficient (Wildman–Crippen LogP) is 2.89. The van der Waals surface area contributed by atoms with Gasteiger partial charge in [0, 0.05) is 43.5 Å². The fraction of sp³-hybridized carbons (Fsp3) is 0.333. The van der Waals surface area contributed by atoms with Crippen LogP contribution in [0.3, 0.4) is 0 Å². The van der Waals surface area contributed by atoms with Gasteiger partial charge in [0.1, 0.15) is 5.75 Å². The number of benzene rings is 2. The van der Waals surface area contributed by atoms with Gasteiger partial charge >= 0.3 is 5.97 Å². The summed E-state index contributed by atoms with van der Waals surface area (Å²) in [6.45, 7) is 5.75. The second-order valence-electron chi connectivity index (χ2n) is 7.06. The molecular formula is C21H24N2O4. The molecule has 6 heteroatoms. The number of piperazine rings is 1. The number of hydrogen-bond donors (Lipinski definition) is 1. The van der Waals surface area contributed by atoms with Gasteiger partial charge < -0.3 is 19.6 Å². The Labute approximate surface area is 159 Å². The van der Waals surface area contributed by atoms with E-state index in [1.165, 1.54) is 13.8 Å². The monoisotopic (exact) mass is 368 g/mol. The average molecular weight is 368 g/mol. The second kappa shape index (κ2) is 7.70. The van der Waals surface area contributed by atoms with Crippen LogP contribution in [0, 0.1) is 0 Å². The van der Waals surface area contributed by atoms with Crippen LogP contribution in [0.15, 0.2) is 54.6 Å². The molecule has 1 amide bonds. The van der Waals surface area contributed by atoms with Gasteiger partial charge in [-0.1, -0.05) is 24.3 Å². The first-order chi connectivity index (χ1) is 12.9. The Balaban J connectivity index is 1.64. The maximum atomic E-state index is 12.5. The lowest BCUT2D eigenvalue weighted by atomic mass is 10.1. The Morgan fingerprint density at radius 2 is 1.63 bits per heavy atom. The van der Waals surface area contributed by atoms with Gasteiger partial charge in [-0.05, 0) is 38.1 Å². The van der Waals surface area contributed by atoms with E-state index in [2.05, 4.69) is 4.90 Å². The molecule has 0 spiro atoms. The summed E-state index contributed by atoms with van der Waals surface area (Å²) >= 11 is 0. The summed E-state index contributed by atoms with van der Waals surface area (Å²) in [5.41, 5.74) is 0.372. The predicted molar refractivity (Wildman–Crippen MR) is 103 cm³/mol. The van der Waals surface area contributed by atoms with E-state index in [0.717, 1.165) is 5.69 Å². The molecule has 6 nitrogen and oxygen atoms in total. The van der Waals surface area contributed by atoms with Crippen molar-refractivity contribution < 1.29 is 19.4 Å². The summed E-state index contributed by atoms with van der Waals surface area (Å²) in [6.07, 6.45) is 0. The molecule has 1 aliphatic heterocycles.